The number of nitrogens with one attached hydrogen (secondary N) is 1. The molecule has 1 amide bonds. The Kier molecular flexibility index (Phi) is 5.65. The van der Waals surface area contributed by atoms with E-state index in [9.17, 15) is 22.8 Å². The molecule has 1 aromatic carbocycles. The fourth-order valence-corrected chi connectivity index (χ4v) is 3.17. The number of carboxylic acid groups (broad SMARTS) is 1. The Bertz CT molecular complexity index is 737. The summed E-state index contributed by atoms with van der Waals surface area (Å²) in [5, 5.41) is 17.6. The Balaban J connectivity index is 2.11. The second kappa shape index (κ2) is 7.34. The van der Waals surface area contributed by atoms with Crippen molar-refractivity contribution in [3.05, 3.63) is 33.8 Å². The van der Waals surface area contributed by atoms with Crippen LogP contribution in [0.25, 0.3) is 0 Å². The minimum atomic E-state index is -4.49. The zero-order valence-corrected chi connectivity index (χ0v) is 14.1. The number of thioether (sulfide) groups is 1. The maximum Gasteiger partial charge on any atom is 0.416 e. The van der Waals surface area contributed by atoms with E-state index in [0.29, 0.717) is 0 Å². The Morgan fingerprint density at radius 3 is 2.75 bits per heavy atom. The highest BCUT2D eigenvalue weighted by Crippen LogP contribution is 2.31. The van der Waals surface area contributed by atoms with Gasteiger partial charge >= 0.3 is 12.1 Å². The van der Waals surface area contributed by atoms with Crippen molar-refractivity contribution in [1.29, 1.82) is 0 Å². The molecule has 11 heteroatoms. The molecular weight excluding hydrogens is 415 g/mol. The van der Waals surface area contributed by atoms with Crippen LogP contribution in [0.4, 0.5) is 13.2 Å². The molecule has 0 spiro atoms. The lowest BCUT2D eigenvalue weighted by Crippen LogP contribution is -2.26. The Morgan fingerprint density at radius 1 is 1.42 bits per heavy atom. The Morgan fingerprint density at radius 2 is 2.12 bits per heavy atom. The lowest BCUT2D eigenvalue weighted by Gasteiger charge is -2.07. The lowest BCUT2D eigenvalue weighted by atomic mass is 10.1. The highest BCUT2D eigenvalue weighted by Gasteiger charge is 2.32. The van der Waals surface area contributed by atoms with Crippen molar-refractivity contribution in [2.75, 3.05) is 0 Å². The smallest absolute Gasteiger partial charge is 0.416 e. The van der Waals surface area contributed by atoms with E-state index in [1.54, 1.807) is 0 Å². The van der Waals surface area contributed by atoms with E-state index in [0.717, 1.165) is 30.1 Å². The van der Waals surface area contributed by atoms with Gasteiger partial charge in [0, 0.05) is 4.47 Å². The zero-order valence-electron chi connectivity index (χ0n) is 11.7. The van der Waals surface area contributed by atoms with E-state index >= 15 is 0 Å². The van der Waals surface area contributed by atoms with Crippen molar-refractivity contribution in [2.45, 2.75) is 17.8 Å². The molecule has 1 heterocycles. The van der Waals surface area contributed by atoms with Gasteiger partial charge in [0.1, 0.15) is 5.25 Å². The van der Waals surface area contributed by atoms with E-state index in [1.807, 2.05) is 0 Å². The van der Waals surface area contributed by atoms with Crippen LogP contribution in [0.15, 0.2) is 32.9 Å². The summed E-state index contributed by atoms with van der Waals surface area (Å²) < 4.78 is 38.4. The van der Waals surface area contributed by atoms with Crippen LogP contribution in [0, 0.1) is 0 Å². The number of rotatable bonds is 4. The molecule has 2 rings (SSSR count). The third-order valence-corrected chi connectivity index (χ3v) is 4.27. The van der Waals surface area contributed by atoms with Gasteiger partial charge in [-0.2, -0.15) is 18.3 Å². The number of nitrogens with zero attached hydrogens (tertiary/aromatic N) is 2. The van der Waals surface area contributed by atoms with Crippen LogP contribution >= 0.6 is 27.7 Å². The molecule has 1 atom stereocenters. The number of aliphatic carboxylic acids is 1. The molecule has 0 saturated carbocycles. The average molecular weight is 424 g/mol. The van der Waals surface area contributed by atoms with Crippen molar-refractivity contribution >= 4 is 51.0 Å². The van der Waals surface area contributed by atoms with Crippen molar-refractivity contribution in [3.63, 3.8) is 0 Å². The van der Waals surface area contributed by atoms with Crippen molar-refractivity contribution in [1.82, 2.24) is 5.32 Å². The van der Waals surface area contributed by atoms with E-state index < -0.39 is 28.9 Å². The van der Waals surface area contributed by atoms with Crippen LogP contribution in [-0.2, 0) is 15.8 Å². The SMILES string of the molecule is O=C(O)CC1SC(=NN=Cc2cc(Br)cc(C(F)(F)F)c2)NC1=O. The number of halogens is 4. The summed E-state index contributed by atoms with van der Waals surface area (Å²) in [6, 6.07) is 3.27. The second-order valence-corrected chi connectivity index (χ2v) is 6.72. The summed E-state index contributed by atoms with van der Waals surface area (Å²) in [5.74, 6) is -1.63. The minimum Gasteiger partial charge on any atom is -0.481 e. The van der Waals surface area contributed by atoms with Crippen LogP contribution < -0.4 is 5.32 Å². The van der Waals surface area contributed by atoms with Gasteiger partial charge in [-0.3, -0.25) is 9.59 Å². The van der Waals surface area contributed by atoms with E-state index in [-0.39, 0.29) is 21.6 Å². The van der Waals surface area contributed by atoms with Crippen LogP contribution in [0.2, 0.25) is 0 Å². The third kappa shape index (κ3) is 5.06. The number of amidine groups is 1. The molecule has 1 fully saturated rings. The molecule has 0 aliphatic carbocycles. The summed E-state index contributed by atoms with van der Waals surface area (Å²) in [5.41, 5.74) is -0.673. The van der Waals surface area contributed by atoms with Gasteiger partial charge in [-0.05, 0) is 23.8 Å². The van der Waals surface area contributed by atoms with Gasteiger partial charge in [0.15, 0.2) is 5.17 Å². The number of carbonyl (C=O) groups excluding carboxylic acids is 1. The Labute approximate surface area is 146 Å². The normalized spacial score (nSPS) is 19.9. The van der Waals surface area contributed by atoms with Crippen LogP contribution in [0.1, 0.15) is 17.5 Å². The van der Waals surface area contributed by atoms with E-state index in [4.69, 9.17) is 5.11 Å². The number of carboxylic acids is 1. The molecule has 1 aromatic rings. The van der Waals surface area contributed by atoms with Crippen LogP contribution in [0.5, 0.6) is 0 Å². The van der Waals surface area contributed by atoms with Crippen molar-refractivity contribution < 1.29 is 27.9 Å². The number of alkyl halides is 3. The molecule has 1 aliphatic heterocycles. The summed E-state index contributed by atoms with van der Waals surface area (Å²) in [6.45, 7) is 0. The summed E-state index contributed by atoms with van der Waals surface area (Å²) in [4.78, 5) is 22.1. The highest BCUT2D eigenvalue weighted by molar-refractivity contribution is 9.10. The number of amides is 1. The summed E-state index contributed by atoms with van der Waals surface area (Å²) in [7, 11) is 0. The van der Waals surface area contributed by atoms with Gasteiger partial charge in [-0.1, -0.05) is 27.7 Å². The number of carbonyl (C=O) groups is 2. The number of benzene rings is 1. The predicted octanol–water partition coefficient (Wildman–Crippen LogP) is 2.86. The largest absolute Gasteiger partial charge is 0.481 e. The first-order valence-corrected chi connectivity index (χ1v) is 8.00. The van der Waals surface area contributed by atoms with Gasteiger partial charge in [0.2, 0.25) is 5.91 Å². The lowest BCUT2D eigenvalue weighted by molar-refractivity contribution is -0.138. The van der Waals surface area contributed by atoms with Gasteiger partial charge in [-0.15, -0.1) is 5.10 Å². The molecule has 0 aromatic heterocycles. The van der Waals surface area contributed by atoms with Gasteiger partial charge in [0.05, 0.1) is 18.2 Å². The standard InChI is InChI=1S/C13H9BrF3N3O3S/c14-8-2-6(1-7(3-8)13(15,16)17)5-18-20-12-19-11(23)9(24-12)4-10(21)22/h1-3,5,9H,4H2,(H,21,22)(H,19,20,23). The molecule has 0 radical (unpaired) electrons. The topological polar surface area (TPSA) is 91.1 Å². The van der Waals surface area contributed by atoms with Gasteiger partial charge < -0.3 is 10.4 Å². The first kappa shape index (κ1) is 18.5. The minimum absolute atomic E-state index is 0.0912. The average Bonchev–Trinajstić information content (AvgIpc) is 2.77. The van der Waals surface area contributed by atoms with Crippen molar-refractivity contribution in [3.8, 4) is 0 Å². The first-order valence-electron chi connectivity index (χ1n) is 6.33. The fraction of sp³-hybridized carbons (Fsp3) is 0.231. The van der Waals surface area contributed by atoms with Crippen LogP contribution in [-0.4, -0.2) is 33.6 Å². The van der Waals surface area contributed by atoms with Crippen molar-refractivity contribution in [2.24, 2.45) is 10.2 Å². The van der Waals surface area contributed by atoms with Gasteiger partial charge in [0.25, 0.3) is 0 Å². The monoisotopic (exact) mass is 423 g/mol. The van der Waals surface area contributed by atoms with E-state index in [2.05, 4.69) is 31.4 Å². The fourth-order valence-electron chi connectivity index (χ4n) is 1.74. The van der Waals surface area contributed by atoms with Crippen LogP contribution in [0.3, 0.4) is 0 Å². The molecule has 1 aliphatic rings. The second-order valence-electron chi connectivity index (χ2n) is 4.61. The van der Waals surface area contributed by atoms with Gasteiger partial charge in [-0.25, -0.2) is 0 Å². The van der Waals surface area contributed by atoms with E-state index in [1.165, 1.54) is 6.07 Å². The highest BCUT2D eigenvalue weighted by atomic mass is 79.9. The molecule has 128 valence electrons. The number of hydrogen-bond acceptors (Lipinski definition) is 5. The molecule has 1 saturated heterocycles. The maximum atomic E-state index is 12.7. The zero-order chi connectivity index (χ0) is 17.9. The first-order chi connectivity index (χ1) is 11.1. The summed E-state index contributed by atoms with van der Waals surface area (Å²) >= 11 is 3.89. The third-order valence-electron chi connectivity index (χ3n) is 2.74. The Hall–Kier alpha value is -1.88. The molecule has 0 bridgehead atoms. The summed E-state index contributed by atoms with van der Waals surface area (Å²) in [6.07, 6.45) is -3.75. The molecule has 2 N–H and O–H groups in total. The molecule has 24 heavy (non-hydrogen) atoms. The molecular formula is C13H9BrF3N3O3S. The number of hydrogen-bond donors (Lipinski definition) is 2. The quantitative estimate of drug-likeness (QED) is 0.575. The maximum absolute atomic E-state index is 12.7. The molecule has 1 unspecified atom stereocenters. The molecule has 6 nitrogen and oxygen atoms in total. The predicted molar refractivity (Wildman–Crippen MR) is 85.9 cm³/mol.